The zero-order valence-corrected chi connectivity index (χ0v) is 18.8. The Hall–Kier alpha value is -3.03. The summed E-state index contributed by atoms with van der Waals surface area (Å²) < 4.78 is 88.7. The molecule has 0 aliphatic carbocycles. The molecule has 1 aromatic carbocycles. The highest BCUT2D eigenvalue weighted by atomic mass is 32.2. The van der Waals surface area contributed by atoms with E-state index in [9.17, 15) is 35.9 Å². The van der Waals surface area contributed by atoms with Gasteiger partial charge in [0.2, 0.25) is 0 Å². The summed E-state index contributed by atoms with van der Waals surface area (Å²) in [7, 11) is 0.990. The zero-order valence-electron chi connectivity index (χ0n) is 18.0. The molecule has 1 N–H and O–H groups in total. The Morgan fingerprint density at radius 3 is 2.15 bits per heavy atom. The van der Waals surface area contributed by atoms with Gasteiger partial charge in [-0.15, -0.1) is 0 Å². The molecule has 0 amide bonds. The molecule has 14 heteroatoms. The highest BCUT2D eigenvalue weighted by molar-refractivity contribution is 7.98. The van der Waals surface area contributed by atoms with E-state index in [1.54, 1.807) is 13.2 Å². The second kappa shape index (κ2) is 10.9. The van der Waals surface area contributed by atoms with E-state index >= 15 is 0 Å². The van der Waals surface area contributed by atoms with Crippen molar-refractivity contribution in [3.8, 4) is 0 Å². The minimum absolute atomic E-state index is 0.00738. The standard InChI is InChI=1S/C20H19F6N3O4S/c1-4-33-16(30)13-9-27-18(34-3)29-15(13)28-14(17(31)32-2)7-10-5-11(19(21,22)23)8-12(6-10)20(24,25)26/h5-6,8-9,14H,4,7H2,1-3H3,(H,27,28,29). The number of benzene rings is 1. The number of rotatable bonds is 8. The molecular formula is C20H19F6N3O4S. The molecule has 1 aromatic heterocycles. The van der Waals surface area contributed by atoms with Gasteiger partial charge in [-0.25, -0.2) is 19.6 Å². The number of aromatic nitrogens is 2. The van der Waals surface area contributed by atoms with Gasteiger partial charge in [0.05, 0.1) is 24.8 Å². The molecule has 1 atom stereocenters. The lowest BCUT2D eigenvalue weighted by molar-refractivity contribution is -0.143. The highest BCUT2D eigenvalue weighted by Crippen LogP contribution is 2.36. The number of alkyl halides is 6. The van der Waals surface area contributed by atoms with Gasteiger partial charge in [0.1, 0.15) is 17.4 Å². The Morgan fingerprint density at radius 2 is 1.68 bits per heavy atom. The van der Waals surface area contributed by atoms with Crippen molar-refractivity contribution < 1.29 is 45.4 Å². The molecule has 1 unspecified atom stereocenters. The van der Waals surface area contributed by atoms with E-state index < -0.39 is 53.4 Å². The van der Waals surface area contributed by atoms with Crippen LogP contribution in [-0.4, -0.2) is 47.9 Å². The van der Waals surface area contributed by atoms with Crippen molar-refractivity contribution in [3.63, 3.8) is 0 Å². The molecule has 0 fully saturated rings. The third-order valence-electron chi connectivity index (χ3n) is 4.33. The van der Waals surface area contributed by atoms with Crippen molar-refractivity contribution in [3.05, 3.63) is 46.6 Å². The minimum atomic E-state index is -5.05. The molecule has 0 saturated heterocycles. The van der Waals surface area contributed by atoms with Crippen LogP contribution in [-0.2, 0) is 33.0 Å². The molecule has 0 aliphatic heterocycles. The van der Waals surface area contributed by atoms with Crippen LogP contribution < -0.4 is 5.32 Å². The molecule has 186 valence electrons. The van der Waals surface area contributed by atoms with Crippen LogP contribution in [0.1, 0.15) is 34.0 Å². The lowest BCUT2D eigenvalue weighted by Gasteiger charge is -2.20. The van der Waals surface area contributed by atoms with Crippen LogP contribution >= 0.6 is 11.8 Å². The monoisotopic (exact) mass is 511 g/mol. The first-order valence-electron chi connectivity index (χ1n) is 9.51. The number of hydrogen-bond donors (Lipinski definition) is 1. The van der Waals surface area contributed by atoms with E-state index in [1.807, 2.05) is 0 Å². The normalized spacial score (nSPS) is 12.7. The average molecular weight is 511 g/mol. The van der Waals surface area contributed by atoms with Crippen LogP contribution in [0.25, 0.3) is 0 Å². The SMILES string of the molecule is CCOC(=O)c1cnc(SC)nc1NC(Cc1cc(C(F)(F)F)cc(C(F)(F)F)c1)C(=O)OC. The number of carbonyl (C=O) groups excluding carboxylic acids is 2. The number of nitrogens with zero attached hydrogens (tertiary/aromatic N) is 2. The molecule has 0 bridgehead atoms. The van der Waals surface area contributed by atoms with Crippen molar-refractivity contribution in [2.75, 3.05) is 25.3 Å². The van der Waals surface area contributed by atoms with E-state index in [-0.39, 0.29) is 29.2 Å². The number of halogens is 6. The van der Waals surface area contributed by atoms with Gasteiger partial charge in [0.15, 0.2) is 5.16 Å². The summed E-state index contributed by atoms with van der Waals surface area (Å²) >= 11 is 1.09. The third kappa shape index (κ3) is 6.98. The Morgan fingerprint density at radius 1 is 1.09 bits per heavy atom. The predicted octanol–water partition coefficient (Wildman–Crippen LogP) is 4.61. The summed E-state index contributed by atoms with van der Waals surface area (Å²) in [6, 6.07) is -0.496. The zero-order chi connectivity index (χ0) is 25.7. The topological polar surface area (TPSA) is 90.4 Å². The lowest BCUT2D eigenvalue weighted by Crippen LogP contribution is -2.34. The second-order valence-corrected chi connectivity index (χ2v) is 7.45. The molecule has 7 nitrogen and oxygen atoms in total. The van der Waals surface area contributed by atoms with Crippen LogP contribution in [0.4, 0.5) is 32.2 Å². The maximum absolute atomic E-state index is 13.2. The van der Waals surface area contributed by atoms with Crippen molar-refractivity contribution >= 4 is 29.5 Å². The summed E-state index contributed by atoms with van der Waals surface area (Å²) in [5, 5.41) is 2.75. The molecule has 34 heavy (non-hydrogen) atoms. The summed E-state index contributed by atoms with van der Waals surface area (Å²) in [6.45, 7) is 1.55. The van der Waals surface area contributed by atoms with Crippen LogP contribution in [0.15, 0.2) is 29.6 Å². The van der Waals surface area contributed by atoms with Gasteiger partial charge in [-0.05, 0) is 36.9 Å². The third-order valence-corrected chi connectivity index (χ3v) is 4.89. The average Bonchev–Trinajstić information content (AvgIpc) is 2.76. The first-order valence-corrected chi connectivity index (χ1v) is 10.7. The van der Waals surface area contributed by atoms with Crippen LogP contribution in [0, 0.1) is 0 Å². The summed E-state index contributed by atoms with van der Waals surface area (Å²) in [5.74, 6) is -2.05. The molecule has 0 saturated carbocycles. The van der Waals surface area contributed by atoms with Crippen molar-refractivity contribution in [1.82, 2.24) is 9.97 Å². The number of anilines is 1. The van der Waals surface area contributed by atoms with Gasteiger partial charge >= 0.3 is 24.3 Å². The summed E-state index contributed by atoms with van der Waals surface area (Å²) in [4.78, 5) is 32.6. The number of esters is 2. The Labute approximate surface area is 194 Å². The number of ether oxygens (including phenoxy) is 2. The largest absolute Gasteiger partial charge is 0.467 e. The molecule has 0 aliphatic rings. The maximum atomic E-state index is 13.2. The number of nitrogens with one attached hydrogen (secondary N) is 1. The van der Waals surface area contributed by atoms with Gasteiger partial charge < -0.3 is 14.8 Å². The first-order chi connectivity index (χ1) is 15.8. The first kappa shape index (κ1) is 27.2. The quantitative estimate of drug-likeness (QED) is 0.238. The van der Waals surface area contributed by atoms with Crippen molar-refractivity contribution in [1.29, 1.82) is 0 Å². The van der Waals surface area contributed by atoms with E-state index in [4.69, 9.17) is 4.74 Å². The van der Waals surface area contributed by atoms with Gasteiger partial charge in [0, 0.05) is 12.6 Å². The van der Waals surface area contributed by atoms with Gasteiger partial charge in [-0.2, -0.15) is 26.3 Å². The predicted molar refractivity (Wildman–Crippen MR) is 109 cm³/mol. The fourth-order valence-corrected chi connectivity index (χ4v) is 3.15. The van der Waals surface area contributed by atoms with Gasteiger partial charge in [0.25, 0.3) is 0 Å². The fourth-order valence-electron chi connectivity index (χ4n) is 2.81. The van der Waals surface area contributed by atoms with Crippen LogP contribution in [0.5, 0.6) is 0 Å². The molecular weight excluding hydrogens is 492 g/mol. The number of thioether (sulfide) groups is 1. The minimum Gasteiger partial charge on any atom is -0.467 e. The molecule has 0 spiro atoms. The lowest BCUT2D eigenvalue weighted by atomic mass is 9.99. The maximum Gasteiger partial charge on any atom is 0.416 e. The second-order valence-electron chi connectivity index (χ2n) is 6.68. The molecule has 2 aromatic rings. The van der Waals surface area contributed by atoms with Crippen LogP contribution in [0.3, 0.4) is 0 Å². The number of methoxy groups -OCH3 is 1. The van der Waals surface area contributed by atoms with E-state index in [0.717, 1.165) is 25.1 Å². The van der Waals surface area contributed by atoms with E-state index in [1.165, 1.54) is 0 Å². The summed E-state index contributed by atoms with van der Waals surface area (Å²) in [5.41, 5.74) is -3.69. The van der Waals surface area contributed by atoms with E-state index in [2.05, 4.69) is 20.0 Å². The van der Waals surface area contributed by atoms with Crippen molar-refractivity contribution in [2.24, 2.45) is 0 Å². The Balaban J connectivity index is 2.52. The Bertz CT molecular complexity index is 1010. The number of hydrogen-bond acceptors (Lipinski definition) is 8. The van der Waals surface area contributed by atoms with Gasteiger partial charge in [-0.1, -0.05) is 11.8 Å². The van der Waals surface area contributed by atoms with E-state index in [0.29, 0.717) is 12.1 Å². The smallest absolute Gasteiger partial charge is 0.416 e. The van der Waals surface area contributed by atoms with Crippen molar-refractivity contribution in [2.45, 2.75) is 36.9 Å². The molecule has 0 radical (unpaired) electrons. The molecule has 1 heterocycles. The van der Waals surface area contributed by atoms with Gasteiger partial charge in [-0.3, -0.25) is 0 Å². The Kier molecular flexibility index (Phi) is 8.75. The summed E-state index contributed by atoms with van der Waals surface area (Å²) in [6.07, 6.45) is -8.00. The molecule has 2 rings (SSSR count). The van der Waals surface area contributed by atoms with Crippen LogP contribution in [0.2, 0.25) is 0 Å². The number of carbonyl (C=O) groups is 2. The highest BCUT2D eigenvalue weighted by Gasteiger charge is 2.37. The fraction of sp³-hybridized carbons (Fsp3) is 0.400.